The van der Waals surface area contributed by atoms with Gasteiger partial charge in [0.15, 0.2) is 0 Å². The van der Waals surface area contributed by atoms with Gasteiger partial charge in [-0.1, -0.05) is 141 Å². The zero-order chi connectivity index (χ0) is 31.7. The summed E-state index contributed by atoms with van der Waals surface area (Å²) < 4.78 is 2.72. The van der Waals surface area contributed by atoms with Crippen molar-refractivity contribution >= 4 is 74.6 Å². The first kappa shape index (κ1) is 26.6. The molecule has 1 aliphatic carbocycles. The van der Waals surface area contributed by atoms with E-state index in [1.54, 1.807) is 0 Å². The number of hydrogen-bond acceptors (Lipinski definition) is 1. The first-order valence-corrected chi connectivity index (χ1v) is 17.7. The van der Waals surface area contributed by atoms with E-state index in [0.717, 1.165) is 0 Å². The summed E-state index contributed by atoms with van der Waals surface area (Å²) in [6, 6.07) is 54.9. The van der Waals surface area contributed by atoms with Gasteiger partial charge in [-0.15, -0.1) is 11.3 Å². The third-order valence-electron chi connectivity index (χ3n) is 11.2. The van der Waals surface area contributed by atoms with Gasteiger partial charge in [-0.3, -0.25) is 0 Å². The van der Waals surface area contributed by atoms with Crippen LogP contribution in [0.2, 0.25) is 0 Å². The molecule has 0 saturated carbocycles. The Morgan fingerprint density at radius 1 is 0.396 bits per heavy atom. The van der Waals surface area contributed by atoms with Gasteiger partial charge < -0.3 is 0 Å². The Hall–Kier alpha value is -5.50. The molecule has 0 radical (unpaired) electrons. The molecule has 1 aromatic heterocycles. The molecule has 1 heteroatoms. The smallest absolute Gasteiger partial charge is 0.0365 e. The van der Waals surface area contributed by atoms with Crippen LogP contribution in [0.1, 0.15) is 25.0 Å². The third-order valence-corrected chi connectivity index (χ3v) is 12.3. The Kier molecular flexibility index (Phi) is 5.15. The summed E-state index contributed by atoms with van der Waals surface area (Å²) in [4.78, 5) is 0. The van der Waals surface area contributed by atoms with Crippen molar-refractivity contribution in [2.24, 2.45) is 0 Å². The lowest BCUT2D eigenvalue weighted by Gasteiger charge is -2.23. The number of thiophene rings is 1. The van der Waals surface area contributed by atoms with Gasteiger partial charge in [0.05, 0.1) is 0 Å². The highest BCUT2D eigenvalue weighted by Crippen LogP contribution is 2.57. The quantitative estimate of drug-likeness (QED) is 0.168. The van der Waals surface area contributed by atoms with Crippen LogP contribution in [0.5, 0.6) is 0 Å². The van der Waals surface area contributed by atoms with E-state index in [2.05, 4.69) is 159 Å². The van der Waals surface area contributed by atoms with Crippen LogP contribution < -0.4 is 0 Å². The minimum Gasteiger partial charge on any atom is -0.135 e. The van der Waals surface area contributed by atoms with E-state index >= 15 is 0 Å². The van der Waals surface area contributed by atoms with E-state index < -0.39 is 0 Å². The lowest BCUT2D eigenvalue weighted by molar-refractivity contribution is 0.661. The summed E-state index contributed by atoms with van der Waals surface area (Å²) in [6.45, 7) is 4.80. The number of hydrogen-bond donors (Lipinski definition) is 0. The van der Waals surface area contributed by atoms with Crippen molar-refractivity contribution in [1.29, 1.82) is 0 Å². The van der Waals surface area contributed by atoms with E-state index in [9.17, 15) is 0 Å². The molecule has 9 aromatic carbocycles. The molecule has 0 amide bonds. The molecule has 11 rings (SSSR count). The van der Waals surface area contributed by atoms with Crippen molar-refractivity contribution in [2.45, 2.75) is 19.3 Å². The van der Waals surface area contributed by atoms with Crippen molar-refractivity contribution < 1.29 is 0 Å². The monoisotopic (exact) mass is 626 g/mol. The van der Waals surface area contributed by atoms with Crippen molar-refractivity contribution in [3.8, 4) is 33.4 Å². The van der Waals surface area contributed by atoms with Crippen LogP contribution in [0.3, 0.4) is 0 Å². The van der Waals surface area contributed by atoms with Crippen LogP contribution in [0.25, 0.3) is 96.6 Å². The van der Waals surface area contributed by atoms with Crippen molar-refractivity contribution in [1.82, 2.24) is 0 Å². The minimum absolute atomic E-state index is 0.0798. The van der Waals surface area contributed by atoms with E-state index in [4.69, 9.17) is 0 Å². The lowest BCUT2D eigenvalue weighted by Crippen LogP contribution is -2.14. The van der Waals surface area contributed by atoms with Crippen LogP contribution in [-0.2, 0) is 5.41 Å². The standard InChI is InChI=1S/C47H30S/c1-47(2)38-13-7-5-11-36(38)44-39(47)26-41-45(37-12-6-8-14-40(37)48-41)46(44)35-24-20-29-18-22-33-32(21-17-28-19-23-34(35)43(29)42(28)33)31-16-15-27-9-3-4-10-30(27)25-31/h3-26H,1-2H3. The van der Waals surface area contributed by atoms with Crippen LogP contribution in [-0.4, -0.2) is 0 Å². The second-order valence-corrected chi connectivity index (χ2v) is 15.1. The average molecular weight is 627 g/mol. The molecule has 48 heavy (non-hydrogen) atoms. The fraction of sp³-hybridized carbons (Fsp3) is 0.0638. The molecule has 0 unspecified atom stereocenters. The zero-order valence-electron chi connectivity index (χ0n) is 26.8. The topological polar surface area (TPSA) is 0 Å². The van der Waals surface area contributed by atoms with Gasteiger partial charge in [0, 0.05) is 25.6 Å². The van der Waals surface area contributed by atoms with Crippen LogP contribution in [0, 0.1) is 0 Å². The molecule has 0 spiro atoms. The highest BCUT2D eigenvalue weighted by molar-refractivity contribution is 7.26. The summed E-state index contributed by atoms with van der Waals surface area (Å²) in [6.07, 6.45) is 0. The van der Waals surface area contributed by atoms with Gasteiger partial charge in [-0.25, -0.2) is 0 Å². The van der Waals surface area contributed by atoms with Gasteiger partial charge >= 0.3 is 0 Å². The summed E-state index contributed by atoms with van der Waals surface area (Å²) >= 11 is 1.93. The Morgan fingerprint density at radius 2 is 1.04 bits per heavy atom. The van der Waals surface area contributed by atoms with Gasteiger partial charge in [0.1, 0.15) is 0 Å². The molecule has 0 fully saturated rings. The predicted molar refractivity (Wildman–Crippen MR) is 209 cm³/mol. The summed E-state index contributed by atoms with van der Waals surface area (Å²) in [5.41, 5.74) is 10.8. The zero-order valence-corrected chi connectivity index (χ0v) is 27.6. The Balaban J connectivity index is 1.28. The van der Waals surface area contributed by atoms with Gasteiger partial charge in [-0.05, 0) is 106 Å². The normalized spacial score (nSPS) is 13.8. The number of benzene rings is 9. The molecule has 0 saturated heterocycles. The molecule has 0 aliphatic heterocycles. The number of rotatable bonds is 2. The molecule has 0 bridgehead atoms. The van der Waals surface area contributed by atoms with E-state index in [-0.39, 0.29) is 5.41 Å². The van der Waals surface area contributed by atoms with Crippen LogP contribution in [0.15, 0.2) is 146 Å². The fourth-order valence-corrected chi connectivity index (χ4v) is 10.1. The van der Waals surface area contributed by atoms with E-state index in [0.29, 0.717) is 0 Å². The van der Waals surface area contributed by atoms with Crippen LogP contribution >= 0.6 is 11.3 Å². The van der Waals surface area contributed by atoms with Crippen molar-refractivity contribution in [2.75, 3.05) is 0 Å². The lowest BCUT2D eigenvalue weighted by atomic mass is 9.80. The Bertz CT molecular complexity index is 2970. The van der Waals surface area contributed by atoms with E-state index in [1.165, 1.54) is 108 Å². The van der Waals surface area contributed by atoms with Gasteiger partial charge in [0.25, 0.3) is 0 Å². The molecule has 0 N–H and O–H groups in total. The molecular formula is C47H30S. The summed E-state index contributed by atoms with van der Waals surface area (Å²) in [5.74, 6) is 0. The first-order chi connectivity index (χ1) is 23.6. The summed E-state index contributed by atoms with van der Waals surface area (Å²) in [7, 11) is 0. The molecule has 0 nitrogen and oxygen atoms in total. The highest BCUT2D eigenvalue weighted by atomic mass is 32.1. The maximum absolute atomic E-state index is 2.50. The second kappa shape index (κ2) is 9.31. The molecular weight excluding hydrogens is 597 g/mol. The summed E-state index contributed by atoms with van der Waals surface area (Å²) in [5, 5.41) is 13.2. The molecule has 1 aliphatic rings. The van der Waals surface area contributed by atoms with Crippen LogP contribution in [0.4, 0.5) is 0 Å². The molecule has 224 valence electrons. The van der Waals surface area contributed by atoms with E-state index in [1.807, 2.05) is 11.3 Å². The molecule has 10 aromatic rings. The van der Waals surface area contributed by atoms with Crippen molar-refractivity contribution in [3.05, 3.63) is 157 Å². The number of fused-ring (bicyclic) bond motifs is 7. The fourth-order valence-electron chi connectivity index (χ4n) is 8.95. The highest BCUT2D eigenvalue weighted by Gasteiger charge is 2.38. The first-order valence-electron chi connectivity index (χ1n) is 16.8. The van der Waals surface area contributed by atoms with Gasteiger partial charge in [-0.2, -0.15) is 0 Å². The maximum atomic E-state index is 2.50. The second-order valence-electron chi connectivity index (χ2n) is 14.0. The predicted octanol–water partition coefficient (Wildman–Crippen LogP) is 13.7. The molecule has 0 atom stereocenters. The maximum Gasteiger partial charge on any atom is 0.0365 e. The van der Waals surface area contributed by atoms with Crippen molar-refractivity contribution in [3.63, 3.8) is 0 Å². The Labute approximate surface area is 282 Å². The largest absolute Gasteiger partial charge is 0.135 e. The Morgan fingerprint density at radius 3 is 1.88 bits per heavy atom. The van der Waals surface area contributed by atoms with Gasteiger partial charge in [0.2, 0.25) is 0 Å². The molecule has 1 heterocycles. The average Bonchev–Trinajstić information content (AvgIpc) is 3.61. The minimum atomic E-state index is -0.0798. The third kappa shape index (κ3) is 3.39. The SMILES string of the molecule is CC1(C)c2ccccc2-c2c1cc1sc3ccccc3c1c2-c1ccc2ccc3c(-c4ccc5ccccc5c4)ccc4ccc1c2c43.